The molecule has 0 fully saturated rings. The Kier molecular flexibility index (Phi) is 5.25. The van der Waals surface area contributed by atoms with E-state index in [2.05, 4.69) is 5.32 Å². The van der Waals surface area contributed by atoms with E-state index >= 15 is 0 Å². The molecule has 2 N–H and O–H groups in total. The summed E-state index contributed by atoms with van der Waals surface area (Å²) in [4.78, 5) is 10.6. The number of hydrogen-bond acceptors (Lipinski definition) is 3. The maximum atomic E-state index is 10.6. The lowest BCUT2D eigenvalue weighted by Gasteiger charge is -2.12. The van der Waals surface area contributed by atoms with Gasteiger partial charge in [0, 0.05) is 6.54 Å². The highest BCUT2D eigenvalue weighted by Gasteiger charge is 2.14. The molecule has 4 nitrogen and oxygen atoms in total. The predicted octanol–water partition coefficient (Wildman–Crippen LogP) is 2.30. The number of hydrogen-bond donors (Lipinski definition) is 2. The molecular weight excluding hydrogens is 242 g/mol. The molecule has 17 heavy (non-hydrogen) atoms. The van der Waals surface area contributed by atoms with Crippen LogP contribution in [-0.2, 0) is 11.3 Å². The molecule has 0 heterocycles. The molecule has 0 bridgehead atoms. The summed E-state index contributed by atoms with van der Waals surface area (Å²) in [7, 11) is 0. The van der Waals surface area contributed by atoms with E-state index in [1.165, 1.54) is 6.92 Å². The van der Waals surface area contributed by atoms with Crippen molar-refractivity contribution in [1.82, 2.24) is 5.32 Å². The molecule has 1 aromatic carbocycles. The van der Waals surface area contributed by atoms with Crippen molar-refractivity contribution in [2.24, 2.45) is 0 Å². The fraction of sp³-hybridized carbons (Fsp3) is 0.417. The topological polar surface area (TPSA) is 58.6 Å². The van der Waals surface area contributed by atoms with Crippen LogP contribution in [0.1, 0.15) is 19.4 Å². The van der Waals surface area contributed by atoms with Gasteiger partial charge < -0.3 is 15.2 Å². The van der Waals surface area contributed by atoms with Gasteiger partial charge in [-0.1, -0.05) is 24.6 Å². The number of aliphatic carboxylic acids is 1. The van der Waals surface area contributed by atoms with Crippen LogP contribution in [0.5, 0.6) is 5.75 Å². The van der Waals surface area contributed by atoms with Crippen molar-refractivity contribution in [3.05, 3.63) is 28.8 Å². The first-order valence-corrected chi connectivity index (χ1v) is 5.81. The number of rotatable bonds is 6. The summed E-state index contributed by atoms with van der Waals surface area (Å²) in [6.07, 6.45) is -0.910. The maximum absolute atomic E-state index is 10.6. The minimum Gasteiger partial charge on any atom is -0.479 e. The highest BCUT2D eigenvalue weighted by Crippen LogP contribution is 2.26. The Labute approximate surface area is 106 Å². The number of halogens is 1. The molecule has 1 atom stereocenters. The lowest BCUT2D eigenvalue weighted by molar-refractivity contribution is -0.144. The van der Waals surface area contributed by atoms with Gasteiger partial charge in [-0.3, -0.25) is 0 Å². The van der Waals surface area contributed by atoms with Gasteiger partial charge in [0.05, 0.1) is 5.02 Å². The van der Waals surface area contributed by atoms with E-state index in [9.17, 15) is 4.79 Å². The van der Waals surface area contributed by atoms with Gasteiger partial charge in [-0.25, -0.2) is 4.79 Å². The standard InChI is InChI=1S/C12H16ClNO3/c1-3-14-7-9-4-5-11(10(13)6-9)17-8(2)12(15)16/h4-6,8,14H,3,7H2,1-2H3,(H,15,16). The first-order chi connectivity index (χ1) is 8.04. The highest BCUT2D eigenvalue weighted by atomic mass is 35.5. The van der Waals surface area contributed by atoms with E-state index < -0.39 is 12.1 Å². The smallest absolute Gasteiger partial charge is 0.344 e. The van der Waals surface area contributed by atoms with Crippen LogP contribution in [0.15, 0.2) is 18.2 Å². The molecular formula is C12H16ClNO3. The third-order valence-corrected chi connectivity index (χ3v) is 2.52. The molecule has 0 spiro atoms. The Morgan fingerprint density at radius 1 is 1.59 bits per heavy atom. The molecule has 5 heteroatoms. The molecule has 1 aromatic rings. The first-order valence-electron chi connectivity index (χ1n) is 5.43. The van der Waals surface area contributed by atoms with Crippen LogP contribution in [0.25, 0.3) is 0 Å². The molecule has 1 rings (SSSR count). The lowest BCUT2D eigenvalue weighted by atomic mass is 10.2. The van der Waals surface area contributed by atoms with E-state index in [1.54, 1.807) is 12.1 Å². The average Bonchev–Trinajstić information content (AvgIpc) is 2.29. The monoisotopic (exact) mass is 257 g/mol. The van der Waals surface area contributed by atoms with Gasteiger partial charge in [-0.15, -0.1) is 0 Å². The number of ether oxygens (including phenoxy) is 1. The Balaban J connectivity index is 2.72. The molecule has 0 saturated heterocycles. The van der Waals surface area contributed by atoms with Crippen LogP contribution in [0, 0.1) is 0 Å². The van der Waals surface area contributed by atoms with Gasteiger partial charge in [-0.2, -0.15) is 0 Å². The van der Waals surface area contributed by atoms with Crippen LogP contribution in [0.2, 0.25) is 5.02 Å². The summed E-state index contributed by atoms with van der Waals surface area (Å²) in [5.74, 6) is -0.625. The van der Waals surface area contributed by atoms with Crippen molar-refractivity contribution >= 4 is 17.6 Å². The summed E-state index contributed by atoms with van der Waals surface area (Å²) in [5, 5.41) is 12.3. The maximum Gasteiger partial charge on any atom is 0.344 e. The molecule has 0 radical (unpaired) electrons. The van der Waals surface area contributed by atoms with Crippen molar-refractivity contribution in [3.8, 4) is 5.75 Å². The lowest BCUT2D eigenvalue weighted by Crippen LogP contribution is -2.23. The minimum absolute atomic E-state index is 0.391. The molecule has 0 saturated carbocycles. The van der Waals surface area contributed by atoms with Crippen LogP contribution in [0.4, 0.5) is 0 Å². The fourth-order valence-electron chi connectivity index (χ4n) is 1.26. The summed E-state index contributed by atoms with van der Waals surface area (Å²) in [6.45, 7) is 5.09. The second-order valence-corrected chi connectivity index (χ2v) is 4.05. The van der Waals surface area contributed by atoms with Crippen LogP contribution >= 0.6 is 11.6 Å². The predicted molar refractivity (Wildman–Crippen MR) is 66.6 cm³/mol. The number of carbonyl (C=O) groups is 1. The third kappa shape index (κ3) is 4.24. The number of benzene rings is 1. The van der Waals surface area contributed by atoms with E-state index in [4.69, 9.17) is 21.4 Å². The zero-order valence-electron chi connectivity index (χ0n) is 9.87. The van der Waals surface area contributed by atoms with E-state index in [0.717, 1.165) is 18.7 Å². The van der Waals surface area contributed by atoms with Crippen LogP contribution in [0.3, 0.4) is 0 Å². The summed E-state index contributed by atoms with van der Waals surface area (Å²) in [6, 6.07) is 5.32. The third-order valence-electron chi connectivity index (χ3n) is 2.23. The van der Waals surface area contributed by atoms with Crippen molar-refractivity contribution in [3.63, 3.8) is 0 Å². The van der Waals surface area contributed by atoms with E-state index in [0.29, 0.717) is 10.8 Å². The van der Waals surface area contributed by atoms with Crippen molar-refractivity contribution in [2.75, 3.05) is 6.54 Å². The Morgan fingerprint density at radius 3 is 2.82 bits per heavy atom. The van der Waals surface area contributed by atoms with Gasteiger partial charge in [0.2, 0.25) is 0 Å². The fourth-order valence-corrected chi connectivity index (χ4v) is 1.51. The first kappa shape index (κ1) is 13.8. The Hall–Kier alpha value is -1.26. The Bertz CT molecular complexity index is 395. The molecule has 94 valence electrons. The molecule has 0 aliphatic carbocycles. The highest BCUT2D eigenvalue weighted by molar-refractivity contribution is 6.32. The molecule has 0 aromatic heterocycles. The summed E-state index contributed by atoms with van der Waals surface area (Å²) in [5.41, 5.74) is 1.03. The summed E-state index contributed by atoms with van der Waals surface area (Å²) < 4.78 is 5.21. The van der Waals surface area contributed by atoms with Crippen LogP contribution in [-0.4, -0.2) is 23.7 Å². The average molecular weight is 258 g/mol. The van der Waals surface area contributed by atoms with Gasteiger partial charge >= 0.3 is 5.97 Å². The SMILES string of the molecule is CCNCc1ccc(OC(C)C(=O)O)c(Cl)c1. The van der Waals surface area contributed by atoms with Crippen molar-refractivity contribution in [2.45, 2.75) is 26.5 Å². The van der Waals surface area contributed by atoms with Gasteiger partial charge in [-0.05, 0) is 31.2 Å². The molecule has 0 aliphatic heterocycles. The van der Waals surface area contributed by atoms with Crippen molar-refractivity contribution < 1.29 is 14.6 Å². The van der Waals surface area contributed by atoms with Crippen LogP contribution < -0.4 is 10.1 Å². The van der Waals surface area contributed by atoms with Gasteiger partial charge in [0.25, 0.3) is 0 Å². The quantitative estimate of drug-likeness (QED) is 0.821. The van der Waals surface area contributed by atoms with Gasteiger partial charge in [0.15, 0.2) is 6.10 Å². The largest absolute Gasteiger partial charge is 0.479 e. The zero-order valence-corrected chi connectivity index (χ0v) is 10.6. The Morgan fingerprint density at radius 2 is 2.29 bits per heavy atom. The van der Waals surface area contributed by atoms with Crippen molar-refractivity contribution in [1.29, 1.82) is 0 Å². The second-order valence-electron chi connectivity index (χ2n) is 3.64. The second kappa shape index (κ2) is 6.47. The van der Waals surface area contributed by atoms with Gasteiger partial charge in [0.1, 0.15) is 5.75 Å². The normalized spacial score (nSPS) is 12.2. The summed E-state index contributed by atoms with van der Waals surface area (Å²) >= 11 is 6.01. The number of carboxylic acids is 1. The zero-order chi connectivity index (χ0) is 12.8. The molecule has 0 aliphatic rings. The number of nitrogens with one attached hydrogen (secondary N) is 1. The molecule has 1 unspecified atom stereocenters. The van der Waals surface area contributed by atoms with E-state index in [1.807, 2.05) is 13.0 Å². The minimum atomic E-state index is -1.02. The number of carboxylic acid groups (broad SMARTS) is 1. The molecule has 0 amide bonds. The van der Waals surface area contributed by atoms with E-state index in [-0.39, 0.29) is 0 Å².